The number of aliphatic hydroxyl groups is 1. The van der Waals surface area contributed by atoms with Gasteiger partial charge in [0.15, 0.2) is 0 Å². The molecule has 0 bridgehead atoms. The molecule has 5 heteroatoms. The minimum atomic E-state index is -0.376. The maximum Gasteiger partial charge on any atom is 0.254 e. The maximum absolute atomic E-state index is 12.9. The van der Waals surface area contributed by atoms with Crippen LogP contribution in [0.25, 0.3) is 0 Å². The summed E-state index contributed by atoms with van der Waals surface area (Å²) in [4.78, 5) is 14.8. The Bertz CT molecular complexity index is 563. The Morgan fingerprint density at radius 2 is 2.23 bits per heavy atom. The first-order chi connectivity index (χ1) is 10.6. The number of likely N-dealkylation sites (tertiary alicyclic amines) is 1. The number of rotatable bonds is 2. The Balaban J connectivity index is 1.81. The quantitative estimate of drug-likeness (QED) is 0.910. The molecule has 1 amide bonds. The number of benzene rings is 1. The molecule has 3 rings (SSSR count). The number of carbonyl (C=O) groups excluding carboxylic acids is 1. The highest BCUT2D eigenvalue weighted by Crippen LogP contribution is 2.31. The van der Waals surface area contributed by atoms with Crippen LogP contribution in [0.3, 0.4) is 0 Å². The molecule has 2 fully saturated rings. The van der Waals surface area contributed by atoms with Crippen molar-refractivity contribution < 1.29 is 14.6 Å². The molecule has 120 valence electrons. The van der Waals surface area contributed by atoms with Crippen LogP contribution < -0.4 is 0 Å². The summed E-state index contributed by atoms with van der Waals surface area (Å²) in [6, 6.07) is 5.44. The van der Waals surface area contributed by atoms with Crippen LogP contribution in [0.15, 0.2) is 18.2 Å². The van der Waals surface area contributed by atoms with Gasteiger partial charge in [-0.1, -0.05) is 11.6 Å². The minimum absolute atomic E-state index is 0.0211. The van der Waals surface area contributed by atoms with Crippen molar-refractivity contribution in [3.8, 4) is 0 Å². The number of aliphatic hydroxyl groups excluding tert-OH is 1. The minimum Gasteiger partial charge on any atom is -0.393 e. The molecular weight excluding hydrogens is 302 g/mol. The molecular formula is C17H22ClNO3. The predicted molar refractivity (Wildman–Crippen MR) is 85.2 cm³/mol. The third kappa shape index (κ3) is 3.00. The smallest absolute Gasteiger partial charge is 0.254 e. The lowest BCUT2D eigenvalue weighted by Crippen LogP contribution is -2.48. The number of nitrogens with zero attached hydrogens (tertiary/aromatic N) is 1. The van der Waals surface area contributed by atoms with Gasteiger partial charge in [-0.2, -0.15) is 0 Å². The first-order valence-corrected chi connectivity index (χ1v) is 8.28. The van der Waals surface area contributed by atoms with Crippen molar-refractivity contribution in [2.45, 2.75) is 38.3 Å². The molecule has 0 saturated carbocycles. The highest BCUT2D eigenvalue weighted by Gasteiger charge is 2.40. The summed E-state index contributed by atoms with van der Waals surface area (Å²) < 4.78 is 5.52. The number of aryl methyl sites for hydroxylation is 1. The predicted octanol–water partition coefficient (Wildman–Crippen LogP) is 2.65. The van der Waals surface area contributed by atoms with Crippen LogP contribution >= 0.6 is 11.6 Å². The van der Waals surface area contributed by atoms with Gasteiger partial charge in [0.2, 0.25) is 0 Å². The van der Waals surface area contributed by atoms with Crippen LogP contribution in [0.5, 0.6) is 0 Å². The van der Waals surface area contributed by atoms with Gasteiger partial charge in [0.1, 0.15) is 0 Å². The Morgan fingerprint density at radius 3 is 2.95 bits per heavy atom. The molecule has 0 aliphatic carbocycles. The standard InChI is InChI=1S/C17H22ClNO3/c1-11-9-12(18)4-5-13(11)17(21)19-7-2-3-15(19)14-10-22-8-6-16(14)20/h4-5,9,14-16,20H,2-3,6-8,10H2,1H3. The highest BCUT2D eigenvalue weighted by atomic mass is 35.5. The van der Waals surface area contributed by atoms with Crippen LogP contribution in [0.1, 0.15) is 35.2 Å². The molecule has 0 spiro atoms. The van der Waals surface area contributed by atoms with Gasteiger partial charge in [-0.15, -0.1) is 0 Å². The monoisotopic (exact) mass is 323 g/mol. The van der Waals surface area contributed by atoms with Gasteiger partial charge >= 0.3 is 0 Å². The second-order valence-corrected chi connectivity index (χ2v) is 6.70. The van der Waals surface area contributed by atoms with E-state index >= 15 is 0 Å². The van der Waals surface area contributed by atoms with Gasteiger partial charge in [0, 0.05) is 35.7 Å². The average molecular weight is 324 g/mol. The number of amides is 1. The Morgan fingerprint density at radius 1 is 1.41 bits per heavy atom. The number of ether oxygens (including phenoxy) is 1. The van der Waals surface area contributed by atoms with Crippen LogP contribution in [-0.2, 0) is 4.74 Å². The van der Waals surface area contributed by atoms with E-state index in [0.29, 0.717) is 30.2 Å². The summed E-state index contributed by atoms with van der Waals surface area (Å²) in [5.74, 6) is 0.0576. The number of hydrogen-bond donors (Lipinski definition) is 1. The SMILES string of the molecule is Cc1cc(Cl)ccc1C(=O)N1CCCC1C1COCCC1O. The third-order valence-electron chi connectivity index (χ3n) is 4.84. The second-order valence-electron chi connectivity index (χ2n) is 6.26. The zero-order valence-electron chi connectivity index (χ0n) is 12.8. The zero-order valence-corrected chi connectivity index (χ0v) is 13.6. The first-order valence-electron chi connectivity index (χ1n) is 7.91. The molecule has 4 nitrogen and oxygen atoms in total. The van der Waals surface area contributed by atoms with Crippen molar-refractivity contribution in [1.29, 1.82) is 0 Å². The lowest BCUT2D eigenvalue weighted by Gasteiger charge is -2.37. The summed E-state index contributed by atoms with van der Waals surface area (Å²) in [6.45, 7) is 3.79. The molecule has 2 saturated heterocycles. The molecule has 3 unspecified atom stereocenters. The van der Waals surface area contributed by atoms with Gasteiger partial charge in [-0.3, -0.25) is 4.79 Å². The van der Waals surface area contributed by atoms with E-state index in [0.717, 1.165) is 24.9 Å². The fraction of sp³-hybridized carbons (Fsp3) is 0.588. The van der Waals surface area contributed by atoms with Gasteiger partial charge in [0.05, 0.1) is 12.7 Å². The molecule has 1 N–H and O–H groups in total. The van der Waals surface area contributed by atoms with E-state index in [2.05, 4.69) is 0 Å². The van der Waals surface area contributed by atoms with E-state index in [-0.39, 0.29) is 24.0 Å². The zero-order chi connectivity index (χ0) is 15.7. The van der Waals surface area contributed by atoms with Gasteiger partial charge in [-0.05, 0) is 49.9 Å². The molecule has 0 radical (unpaired) electrons. The topological polar surface area (TPSA) is 49.8 Å². The van der Waals surface area contributed by atoms with E-state index in [4.69, 9.17) is 16.3 Å². The third-order valence-corrected chi connectivity index (χ3v) is 5.07. The van der Waals surface area contributed by atoms with Crippen molar-refractivity contribution in [3.05, 3.63) is 34.3 Å². The molecule has 1 aromatic rings. The lowest BCUT2D eigenvalue weighted by atomic mass is 9.89. The molecule has 2 heterocycles. The molecule has 2 aliphatic rings. The Hall–Kier alpha value is -1.10. The molecule has 3 atom stereocenters. The number of hydrogen-bond acceptors (Lipinski definition) is 3. The lowest BCUT2D eigenvalue weighted by molar-refractivity contribution is -0.0589. The summed E-state index contributed by atoms with van der Waals surface area (Å²) in [5, 5.41) is 10.9. The fourth-order valence-electron chi connectivity index (χ4n) is 3.63. The van der Waals surface area contributed by atoms with Crippen molar-refractivity contribution in [1.82, 2.24) is 4.90 Å². The van der Waals surface area contributed by atoms with E-state index in [1.54, 1.807) is 12.1 Å². The van der Waals surface area contributed by atoms with E-state index in [1.807, 2.05) is 17.9 Å². The molecule has 2 aliphatic heterocycles. The van der Waals surface area contributed by atoms with Gasteiger partial charge < -0.3 is 14.7 Å². The summed E-state index contributed by atoms with van der Waals surface area (Å²) >= 11 is 5.98. The number of halogens is 1. The van der Waals surface area contributed by atoms with Gasteiger partial charge in [0.25, 0.3) is 5.91 Å². The summed E-state index contributed by atoms with van der Waals surface area (Å²) in [6.07, 6.45) is 2.19. The summed E-state index contributed by atoms with van der Waals surface area (Å²) in [5.41, 5.74) is 1.59. The van der Waals surface area contributed by atoms with Crippen LogP contribution in [-0.4, -0.2) is 47.8 Å². The maximum atomic E-state index is 12.9. The Labute approximate surface area is 136 Å². The normalized spacial score (nSPS) is 28.9. The van der Waals surface area contributed by atoms with Crippen LogP contribution in [0.4, 0.5) is 0 Å². The van der Waals surface area contributed by atoms with E-state index in [9.17, 15) is 9.90 Å². The molecule has 1 aromatic carbocycles. The Kier molecular flexibility index (Phi) is 4.71. The summed E-state index contributed by atoms with van der Waals surface area (Å²) in [7, 11) is 0. The van der Waals surface area contributed by atoms with Crippen LogP contribution in [0, 0.1) is 12.8 Å². The largest absolute Gasteiger partial charge is 0.393 e. The second kappa shape index (κ2) is 6.57. The molecule has 0 aromatic heterocycles. The number of carbonyl (C=O) groups is 1. The van der Waals surface area contributed by atoms with E-state index < -0.39 is 0 Å². The van der Waals surface area contributed by atoms with Crippen molar-refractivity contribution in [2.75, 3.05) is 19.8 Å². The van der Waals surface area contributed by atoms with Crippen molar-refractivity contribution in [2.24, 2.45) is 5.92 Å². The highest BCUT2D eigenvalue weighted by molar-refractivity contribution is 6.30. The van der Waals surface area contributed by atoms with Gasteiger partial charge in [-0.25, -0.2) is 0 Å². The van der Waals surface area contributed by atoms with Crippen LogP contribution in [0.2, 0.25) is 5.02 Å². The average Bonchev–Trinajstić information content (AvgIpc) is 2.96. The first kappa shape index (κ1) is 15.8. The molecule has 22 heavy (non-hydrogen) atoms. The van der Waals surface area contributed by atoms with Crippen molar-refractivity contribution in [3.63, 3.8) is 0 Å². The van der Waals surface area contributed by atoms with E-state index in [1.165, 1.54) is 0 Å². The fourth-order valence-corrected chi connectivity index (χ4v) is 3.85. The van der Waals surface area contributed by atoms with Crippen molar-refractivity contribution >= 4 is 17.5 Å².